The summed E-state index contributed by atoms with van der Waals surface area (Å²) in [5.41, 5.74) is 0.933. The summed E-state index contributed by atoms with van der Waals surface area (Å²) in [6.45, 7) is 2.86. The smallest absolute Gasteiger partial charge is 0.326 e. The molecule has 3 rings (SSSR count). The lowest BCUT2D eigenvalue weighted by molar-refractivity contribution is 0.0944. The number of pyridine rings is 1. The molecule has 43 heavy (non-hydrogen) atoms. The molecule has 4 amide bonds. The number of rotatable bonds is 16. The van der Waals surface area contributed by atoms with Crippen molar-refractivity contribution in [1.29, 1.82) is 0 Å². The van der Waals surface area contributed by atoms with Gasteiger partial charge in [-0.15, -0.1) is 0 Å². The van der Waals surface area contributed by atoms with Gasteiger partial charge in [0.1, 0.15) is 5.69 Å². The molecule has 0 bridgehead atoms. The maximum Gasteiger partial charge on any atom is 0.326 e. The SMILES string of the molecule is CCCCCCCCCCNC(=O)c1cc(Sc2ccc(NC(=O)NC(=O)c3ccc(OC)c(OC)c3Cl)cc2)ccn1. The third kappa shape index (κ3) is 10.8. The van der Waals surface area contributed by atoms with Crippen LogP contribution < -0.4 is 25.4 Å². The molecule has 0 unspecified atom stereocenters. The van der Waals surface area contributed by atoms with Crippen LogP contribution in [0.15, 0.2) is 64.5 Å². The number of nitrogens with zero attached hydrogens (tertiary/aromatic N) is 1. The highest BCUT2D eigenvalue weighted by atomic mass is 35.5. The Morgan fingerprint density at radius 3 is 2.21 bits per heavy atom. The summed E-state index contributed by atoms with van der Waals surface area (Å²) in [7, 11) is 2.86. The van der Waals surface area contributed by atoms with E-state index >= 15 is 0 Å². The molecule has 0 radical (unpaired) electrons. The average Bonchev–Trinajstić information content (AvgIpc) is 3.00. The lowest BCUT2D eigenvalue weighted by Crippen LogP contribution is -2.34. The molecule has 230 valence electrons. The number of carbonyl (C=O) groups is 3. The zero-order chi connectivity index (χ0) is 31.0. The number of hydrogen-bond acceptors (Lipinski definition) is 7. The third-order valence-electron chi connectivity index (χ3n) is 6.58. The zero-order valence-electron chi connectivity index (χ0n) is 24.8. The Kier molecular flexibility index (Phi) is 14.1. The first-order chi connectivity index (χ1) is 20.9. The van der Waals surface area contributed by atoms with Gasteiger partial charge < -0.3 is 20.1 Å². The van der Waals surface area contributed by atoms with Gasteiger partial charge in [-0.05, 0) is 55.0 Å². The molecule has 11 heteroatoms. The fourth-order valence-electron chi connectivity index (χ4n) is 4.29. The van der Waals surface area contributed by atoms with Crippen molar-refractivity contribution in [3.05, 3.63) is 71.0 Å². The maximum atomic E-state index is 12.6. The first kappa shape index (κ1) is 33.7. The predicted molar refractivity (Wildman–Crippen MR) is 171 cm³/mol. The van der Waals surface area contributed by atoms with Gasteiger partial charge in [0.25, 0.3) is 11.8 Å². The standard InChI is InChI=1S/C32H39ClN4O5S/c1-4-5-6-7-8-9-10-11-19-35-31(39)26-21-24(18-20-34-26)43-23-14-12-22(13-15-23)36-32(40)37-30(38)25-16-17-27(41-2)29(42-3)28(25)33/h12-18,20-21H,4-11,19H2,1-3H3,(H,35,39)(H2,36,37,38,40). The van der Waals surface area contributed by atoms with Gasteiger partial charge in [-0.25, -0.2) is 4.79 Å². The molecule has 0 aliphatic heterocycles. The normalized spacial score (nSPS) is 10.6. The highest BCUT2D eigenvalue weighted by molar-refractivity contribution is 7.99. The van der Waals surface area contributed by atoms with Gasteiger partial charge in [0.2, 0.25) is 0 Å². The first-order valence-electron chi connectivity index (χ1n) is 14.4. The lowest BCUT2D eigenvalue weighted by Gasteiger charge is -2.13. The second-order valence-electron chi connectivity index (χ2n) is 9.80. The molecule has 3 N–H and O–H groups in total. The fourth-order valence-corrected chi connectivity index (χ4v) is 5.45. The van der Waals surface area contributed by atoms with E-state index in [9.17, 15) is 14.4 Å². The Balaban J connectivity index is 1.46. The van der Waals surface area contributed by atoms with Crippen LogP contribution in [-0.4, -0.2) is 43.6 Å². The van der Waals surface area contributed by atoms with Gasteiger partial charge in [-0.1, -0.05) is 75.2 Å². The van der Waals surface area contributed by atoms with Crippen molar-refractivity contribution in [3.63, 3.8) is 0 Å². The molecule has 0 spiro atoms. The van der Waals surface area contributed by atoms with Crippen molar-refractivity contribution >= 4 is 46.9 Å². The number of imide groups is 1. The molecule has 0 aliphatic carbocycles. The summed E-state index contributed by atoms with van der Waals surface area (Å²) < 4.78 is 10.4. The number of hydrogen-bond donors (Lipinski definition) is 3. The number of benzene rings is 2. The number of nitrogens with one attached hydrogen (secondary N) is 3. The average molecular weight is 627 g/mol. The van der Waals surface area contributed by atoms with E-state index < -0.39 is 11.9 Å². The number of ether oxygens (including phenoxy) is 2. The minimum atomic E-state index is -0.715. The highest BCUT2D eigenvalue weighted by Crippen LogP contribution is 2.37. The van der Waals surface area contributed by atoms with Crippen LogP contribution in [-0.2, 0) is 0 Å². The third-order valence-corrected chi connectivity index (χ3v) is 7.96. The fraction of sp³-hybridized carbons (Fsp3) is 0.375. The molecule has 0 atom stereocenters. The predicted octanol–water partition coefficient (Wildman–Crippen LogP) is 7.74. The molecular weight excluding hydrogens is 588 g/mol. The molecule has 1 aromatic heterocycles. The van der Waals surface area contributed by atoms with Gasteiger partial charge in [-0.3, -0.25) is 19.9 Å². The first-order valence-corrected chi connectivity index (χ1v) is 15.6. The summed E-state index contributed by atoms with van der Waals surface area (Å²) in [5, 5.41) is 7.89. The molecule has 9 nitrogen and oxygen atoms in total. The molecule has 0 fully saturated rings. The topological polar surface area (TPSA) is 119 Å². The number of methoxy groups -OCH3 is 2. The number of urea groups is 1. The van der Waals surface area contributed by atoms with Crippen molar-refractivity contribution < 1.29 is 23.9 Å². The Morgan fingerprint density at radius 1 is 0.837 bits per heavy atom. The Morgan fingerprint density at radius 2 is 1.53 bits per heavy atom. The van der Waals surface area contributed by atoms with Crippen LogP contribution >= 0.6 is 23.4 Å². The Labute approximate surface area is 262 Å². The Hall–Kier alpha value is -3.76. The summed E-state index contributed by atoms with van der Waals surface area (Å²) in [6.07, 6.45) is 11.3. The number of anilines is 1. The Bertz CT molecular complexity index is 1370. The lowest BCUT2D eigenvalue weighted by atomic mass is 10.1. The van der Waals surface area contributed by atoms with Crippen molar-refractivity contribution in [3.8, 4) is 11.5 Å². The van der Waals surface area contributed by atoms with E-state index in [2.05, 4.69) is 27.9 Å². The van der Waals surface area contributed by atoms with Gasteiger partial charge in [0.05, 0.1) is 24.8 Å². The molecule has 3 aromatic rings. The van der Waals surface area contributed by atoms with Crippen molar-refractivity contribution in [1.82, 2.24) is 15.6 Å². The van der Waals surface area contributed by atoms with Crippen LogP contribution in [0.25, 0.3) is 0 Å². The zero-order valence-corrected chi connectivity index (χ0v) is 26.4. The summed E-state index contributed by atoms with van der Waals surface area (Å²) >= 11 is 7.74. The minimum absolute atomic E-state index is 0.0359. The maximum absolute atomic E-state index is 12.6. The van der Waals surface area contributed by atoms with E-state index in [0.717, 1.165) is 22.6 Å². The van der Waals surface area contributed by atoms with Gasteiger partial charge in [-0.2, -0.15) is 0 Å². The number of unbranched alkanes of at least 4 members (excludes halogenated alkanes) is 7. The van der Waals surface area contributed by atoms with Crippen molar-refractivity contribution in [2.45, 2.75) is 68.1 Å². The van der Waals surface area contributed by atoms with E-state index in [0.29, 0.717) is 23.7 Å². The second-order valence-corrected chi connectivity index (χ2v) is 11.3. The van der Waals surface area contributed by atoms with Crippen LogP contribution in [0.1, 0.15) is 79.1 Å². The van der Waals surface area contributed by atoms with E-state index in [4.69, 9.17) is 21.1 Å². The van der Waals surface area contributed by atoms with E-state index in [1.807, 2.05) is 18.2 Å². The molecular formula is C32H39ClN4O5S. The van der Waals surface area contributed by atoms with Crippen LogP contribution in [0, 0.1) is 0 Å². The summed E-state index contributed by atoms with van der Waals surface area (Å²) in [4.78, 5) is 43.6. The molecule has 0 saturated heterocycles. The van der Waals surface area contributed by atoms with Gasteiger partial charge in [0, 0.05) is 28.2 Å². The van der Waals surface area contributed by atoms with E-state index in [-0.39, 0.29) is 22.2 Å². The van der Waals surface area contributed by atoms with Crippen LogP contribution in [0.2, 0.25) is 5.02 Å². The second kappa shape index (κ2) is 18.0. The van der Waals surface area contributed by atoms with Gasteiger partial charge >= 0.3 is 6.03 Å². The van der Waals surface area contributed by atoms with Crippen molar-refractivity contribution in [2.75, 3.05) is 26.1 Å². The molecule has 0 aliphatic rings. The molecule has 0 saturated carbocycles. The molecule has 1 heterocycles. The van der Waals surface area contributed by atoms with E-state index in [1.165, 1.54) is 76.6 Å². The summed E-state index contributed by atoms with van der Waals surface area (Å²) in [5.74, 6) is -0.302. The van der Waals surface area contributed by atoms with E-state index in [1.54, 1.807) is 24.4 Å². The largest absolute Gasteiger partial charge is 0.493 e. The number of halogens is 1. The number of amides is 4. The number of carbonyl (C=O) groups excluding carboxylic acids is 3. The molecule has 2 aromatic carbocycles. The van der Waals surface area contributed by atoms with Crippen LogP contribution in [0.4, 0.5) is 10.5 Å². The van der Waals surface area contributed by atoms with Crippen molar-refractivity contribution in [2.24, 2.45) is 0 Å². The van der Waals surface area contributed by atoms with Crippen LogP contribution in [0.5, 0.6) is 11.5 Å². The number of aromatic nitrogens is 1. The monoisotopic (exact) mass is 626 g/mol. The minimum Gasteiger partial charge on any atom is -0.493 e. The van der Waals surface area contributed by atoms with Crippen LogP contribution in [0.3, 0.4) is 0 Å². The van der Waals surface area contributed by atoms with Gasteiger partial charge in [0.15, 0.2) is 11.5 Å². The quantitative estimate of drug-likeness (QED) is 0.139. The summed E-state index contributed by atoms with van der Waals surface area (Å²) in [6, 6.07) is 13.0. The highest BCUT2D eigenvalue weighted by Gasteiger charge is 2.20.